The van der Waals surface area contributed by atoms with E-state index in [0.29, 0.717) is 28.5 Å². The molecule has 2 rings (SSSR count). The van der Waals surface area contributed by atoms with Crippen LogP contribution in [0.25, 0.3) is 10.9 Å². The van der Waals surface area contributed by atoms with E-state index in [4.69, 9.17) is 21.1 Å². The van der Waals surface area contributed by atoms with E-state index in [2.05, 4.69) is 4.98 Å². The van der Waals surface area contributed by atoms with Crippen molar-refractivity contribution in [3.63, 3.8) is 0 Å². The number of carbonyl (C=O) groups excluding carboxylic acids is 1. The first kappa shape index (κ1) is 11.8. The van der Waals surface area contributed by atoms with Crippen LogP contribution in [-0.2, 0) is 4.74 Å². The van der Waals surface area contributed by atoms with Crippen molar-refractivity contribution < 1.29 is 14.3 Å². The van der Waals surface area contributed by atoms with Gasteiger partial charge >= 0.3 is 5.97 Å². The van der Waals surface area contributed by atoms with E-state index in [0.717, 1.165) is 5.39 Å². The van der Waals surface area contributed by atoms with Crippen LogP contribution in [0.5, 0.6) is 5.75 Å². The molecule has 0 aliphatic carbocycles. The number of halogens is 1. The van der Waals surface area contributed by atoms with E-state index in [1.54, 1.807) is 25.3 Å². The molecule has 1 N–H and O–H groups in total. The second kappa shape index (κ2) is 4.67. The number of hydrogen-bond donors (Lipinski definition) is 1. The first-order valence-electron chi connectivity index (χ1n) is 5.19. The molecule has 0 aliphatic heterocycles. The molecule has 0 spiro atoms. The Hall–Kier alpha value is -1.68. The van der Waals surface area contributed by atoms with Crippen LogP contribution < -0.4 is 4.74 Å². The Morgan fingerprint density at radius 3 is 2.94 bits per heavy atom. The maximum absolute atomic E-state index is 11.8. The normalized spacial score (nSPS) is 10.5. The molecule has 0 aliphatic rings. The third-order valence-electron chi connectivity index (χ3n) is 2.46. The molecule has 1 aromatic heterocycles. The monoisotopic (exact) mass is 253 g/mol. The highest BCUT2D eigenvalue weighted by molar-refractivity contribution is 6.37. The molecule has 1 aromatic carbocycles. The Morgan fingerprint density at radius 2 is 2.29 bits per heavy atom. The summed E-state index contributed by atoms with van der Waals surface area (Å²) in [6.45, 7) is 2.09. The van der Waals surface area contributed by atoms with Gasteiger partial charge in [0, 0.05) is 11.6 Å². The topological polar surface area (TPSA) is 51.3 Å². The van der Waals surface area contributed by atoms with E-state index in [-0.39, 0.29) is 0 Å². The van der Waals surface area contributed by atoms with Crippen LogP contribution in [-0.4, -0.2) is 24.7 Å². The second-order valence-electron chi connectivity index (χ2n) is 3.43. The highest BCUT2D eigenvalue weighted by Gasteiger charge is 2.17. The number of H-pyrrole nitrogens is 1. The average Bonchev–Trinajstić information content (AvgIpc) is 2.79. The van der Waals surface area contributed by atoms with Crippen molar-refractivity contribution in [2.24, 2.45) is 0 Å². The maximum Gasteiger partial charge on any atom is 0.340 e. The molecule has 4 nitrogen and oxygen atoms in total. The fourth-order valence-corrected chi connectivity index (χ4v) is 1.98. The van der Waals surface area contributed by atoms with E-state index in [1.165, 1.54) is 7.11 Å². The van der Waals surface area contributed by atoms with Crippen molar-refractivity contribution in [2.45, 2.75) is 6.92 Å². The summed E-state index contributed by atoms with van der Waals surface area (Å²) in [5.41, 5.74) is 1.09. The minimum Gasteiger partial charge on any atom is -0.495 e. The zero-order valence-corrected chi connectivity index (χ0v) is 10.3. The van der Waals surface area contributed by atoms with Gasteiger partial charge in [0.25, 0.3) is 0 Å². The smallest absolute Gasteiger partial charge is 0.340 e. The van der Waals surface area contributed by atoms with Gasteiger partial charge in [-0.2, -0.15) is 0 Å². The third-order valence-corrected chi connectivity index (χ3v) is 2.85. The number of rotatable bonds is 3. The molecule has 90 valence electrons. The molecule has 0 atom stereocenters. The first-order valence-corrected chi connectivity index (χ1v) is 5.57. The lowest BCUT2D eigenvalue weighted by Gasteiger charge is -2.08. The number of carbonyl (C=O) groups is 1. The number of esters is 1. The lowest BCUT2D eigenvalue weighted by molar-refractivity contribution is 0.0528. The van der Waals surface area contributed by atoms with Crippen LogP contribution in [0.1, 0.15) is 17.3 Å². The lowest BCUT2D eigenvalue weighted by Crippen LogP contribution is -2.06. The lowest BCUT2D eigenvalue weighted by atomic mass is 10.1. The number of nitrogens with one attached hydrogen (secondary N) is 1. The maximum atomic E-state index is 11.8. The summed E-state index contributed by atoms with van der Waals surface area (Å²) in [4.78, 5) is 14.8. The Morgan fingerprint density at radius 1 is 1.53 bits per heavy atom. The summed E-state index contributed by atoms with van der Waals surface area (Å²) in [5.74, 6) is 0.0664. The van der Waals surface area contributed by atoms with Crippen LogP contribution in [0.3, 0.4) is 0 Å². The van der Waals surface area contributed by atoms with Crippen molar-refractivity contribution in [3.05, 3.63) is 28.9 Å². The fourth-order valence-electron chi connectivity index (χ4n) is 1.69. The number of ether oxygens (including phenoxy) is 2. The molecule has 17 heavy (non-hydrogen) atoms. The molecule has 1 heterocycles. The summed E-state index contributed by atoms with van der Waals surface area (Å²) in [5, 5.41) is 1.23. The van der Waals surface area contributed by atoms with Crippen LogP contribution >= 0.6 is 11.6 Å². The molecule has 0 unspecified atom stereocenters. The predicted octanol–water partition coefficient (Wildman–Crippen LogP) is 3.01. The Bertz CT molecular complexity index is 562. The fraction of sp³-hybridized carbons (Fsp3) is 0.250. The predicted molar refractivity (Wildman–Crippen MR) is 65.8 cm³/mol. The zero-order valence-electron chi connectivity index (χ0n) is 9.54. The largest absolute Gasteiger partial charge is 0.495 e. The van der Waals surface area contributed by atoms with Gasteiger partial charge < -0.3 is 14.5 Å². The number of aromatic nitrogens is 1. The molecule has 5 heteroatoms. The summed E-state index contributed by atoms with van der Waals surface area (Å²) >= 11 is 6.14. The summed E-state index contributed by atoms with van der Waals surface area (Å²) in [7, 11) is 1.51. The van der Waals surface area contributed by atoms with E-state index >= 15 is 0 Å². The number of fused-ring (bicyclic) bond motifs is 1. The minimum absolute atomic E-state index is 0.325. The first-order chi connectivity index (χ1) is 8.19. The van der Waals surface area contributed by atoms with E-state index < -0.39 is 5.97 Å². The van der Waals surface area contributed by atoms with E-state index in [9.17, 15) is 4.79 Å². The summed E-state index contributed by atoms with van der Waals surface area (Å²) < 4.78 is 10.1. The number of hydrogen-bond acceptors (Lipinski definition) is 3. The van der Waals surface area contributed by atoms with Gasteiger partial charge in [-0.15, -0.1) is 0 Å². The van der Waals surface area contributed by atoms with Gasteiger partial charge in [-0.25, -0.2) is 4.79 Å². The molecular weight excluding hydrogens is 242 g/mol. The van der Waals surface area contributed by atoms with Crippen LogP contribution in [0, 0.1) is 0 Å². The summed E-state index contributed by atoms with van der Waals surface area (Å²) in [6.07, 6.45) is 1.72. The van der Waals surface area contributed by atoms with Crippen LogP contribution in [0.4, 0.5) is 0 Å². The standard InChI is InChI=1S/C12H12ClNO3/c1-3-17-12(15)8-6-9(16-2)10(13)7-4-5-14-11(7)8/h4-6,14H,3H2,1-2H3. The Labute approximate surface area is 103 Å². The van der Waals surface area contributed by atoms with Gasteiger partial charge in [-0.1, -0.05) is 11.6 Å². The molecule has 0 saturated carbocycles. The van der Waals surface area contributed by atoms with Crippen LogP contribution in [0.2, 0.25) is 5.02 Å². The van der Waals surface area contributed by atoms with Gasteiger partial charge in [0.05, 0.1) is 29.8 Å². The number of aromatic amines is 1. The van der Waals surface area contributed by atoms with Gasteiger partial charge in [0.1, 0.15) is 5.75 Å². The highest BCUT2D eigenvalue weighted by Crippen LogP contribution is 2.35. The molecule has 0 saturated heterocycles. The second-order valence-corrected chi connectivity index (χ2v) is 3.81. The third kappa shape index (κ3) is 1.96. The van der Waals surface area contributed by atoms with Gasteiger partial charge in [0.15, 0.2) is 0 Å². The quantitative estimate of drug-likeness (QED) is 0.856. The zero-order chi connectivity index (χ0) is 12.4. The van der Waals surface area contributed by atoms with Crippen molar-refractivity contribution in [1.29, 1.82) is 0 Å². The van der Waals surface area contributed by atoms with Gasteiger partial charge in [-0.05, 0) is 19.1 Å². The SMILES string of the molecule is CCOC(=O)c1cc(OC)c(Cl)c2cc[nH]c12. The molecule has 0 bridgehead atoms. The highest BCUT2D eigenvalue weighted by atomic mass is 35.5. The number of benzene rings is 1. The summed E-state index contributed by atoms with van der Waals surface area (Å²) in [6, 6.07) is 3.38. The van der Waals surface area contributed by atoms with Crippen molar-refractivity contribution >= 4 is 28.5 Å². The Kier molecular flexibility index (Phi) is 3.24. The molecule has 0 fully saturated rings. The minimum atomic E-state index is -0.394. The van der Waals surface area contributed by atoms with Crippen LogP contribution in [0.15, 0.2) is 18.3 Å². The molecular formula is C12H12ClNO3. The van der Waals surface area contributed by atoms with Gasteiger partial charge in [-0.3, -0.25) is 0 Å². The van der Waals surface area contributed by atoms with Gasteiger partial charge in [0.2, 0.25) is 0 Å². The molecule has 0 radical (unpaired) electrons. The molecule has 2 aromatic rings. The average molecular weight is 254 g/mol. The van der Waals surface area contributed by atoms with Crippen molar-refractivity contribution in [3.8, 4) is 5.75 Å². The Balaban J connectivity index is 2.65. The van der Waals surface area contributed by atoms with E-state index in [1.807, 2.05) is 0 Å². The van der Waals surface area contributed by atoms with Crippen molar-refractivity contribution in [1.82, 2.24) is 4.98 Å². The number of methoxy groups -OCH3 is 1. The van der Waals surface area contributed by atoms with Crippen molar-refractivity contribution in [2.75, 3.05) is 13.7 Å². The molecule has 0 amide bonds.